The minimum atomic E-state index is -0.714. The van der Waals surface area contributed by atoms with Gasteiger partial charge in [-0.2, -0.15) is 0 Å². The summed E-state index contributed by atoms with van der Waals surface area (Å²) in [7, 11) is -0.714. The number of nitrogens with one attached hydrogen (secondary N) is 3. The maximum Gasteiger partial charge on any atom is 0.255 e. The molecule has 0 fully saturated rings. The number of aromatic nitrogens is 2. The number of rotatable bonds is 1. The van der Waals surface area contributed by atoms with Crippen molar-refractivity contribution < 1.29 is 9.90 Å². The lowest BCUT2D eigenvalue weighted by Gasteiger charge is -1.99. The first kappa shape index (κ1) is 9.56. The molecule has 8 heteroatoms. The summed E-state index contributed by atoms with van der Waals surface area (Å²) in [5, 5.41) is 13.8. The summed E-state index contributed by atoms with van der Waals surface area (Å²) < 4.78 is 0.691. The molecule has 1 unspecified atom stereocenters. The fourth-order valence-corrected chi connectivity index (χ4v) is 3.14. The van der Waals surface area contributed by atoms with Crippen molar-refractivity contribution in [3.05, 3.63) is 4.77 Å². The van der Waals surface area contributed by atoms with Gasteiger partial charge in [-0.15, -0.1) is 0 Å². The Labute approximate surface area is 91.5 Å². The van der Waals surface area contributed by atoms with Crippen LogP contribution in [0.5, 0.6) is 5.88 Å². The van der Waals surface area contributed by atoms with Gasteiger partial charge < -0.3 is 20.4 Å². The molecule has 14 heavy (non-hydrogen) atoms. The molecule has 1 aromatic rings. The Morgan fingerprint density at radius 3 is 2.50 bits per heavy atom. The van der Waals surface area contributed by atoms with Crippen LogP contribution in [0.1, 0.15) is 0 Å². The van der Waals surface area contributed by atoms with E-state index in [0.29, 0.717) is 14.1 Å². The Hall–Kier alpha value is -0.990. The Morgan fingerprint density at radius 1 is 1.36 bits per heavy atom. The van der Waals surface area contributed by atoms with Crippen LogP contribution >= 0.6 is 34.9 Å². The SMILES string of the molecule is O=C1C=S(c2[nH]c(=S)[nH]c2O)C(=S)N1. The van der Waals surface area contributed by atoms with Crippen LogP contribution in [-0.2, 0) is 4.79 Å². The molecule has 0 saturated heterocycles. The molecule has 1 amide bonds. The fourth-order valence-electron chi connectivity index (χ4n) is 1.01. The van der Waals surface area contributed by atoms with E-state index >= 15 is 0 Å². The third-order valence-electron chi connectivity index (χ3n) is 1.54. The molecule has 1 aromatic heterocycles. The Balaban J connectivity index is 2.55. The molecule has 5 nitrogen and oxygen atoms in total. The van der Waals surface area contributed by atoms with Gasteiger partial charge in [-0.05, 0) is 12.2 Å². The number of amides is 1. The number of carbonyl (C=O) groups is 1. The molecule has 2 rings (SSSR count). The predicted molar refractivity (Wildman–Crippen MR) is 60.3 cm³/mol. The number of aromatic amines is 2. The Bertz CT molecular complexity index is 513. The van der Waals surface area contributed by atoms with E-state index in [9.17, 15) is 9.90 Å². The van der Waals surface area contributed by atoms with Crippen LogP contribution in [0.2, 0.25) is 0 Å². The molecule has 0 spiro atoms. The molecule has 0 bridgehead atoms. The first-order valence-corrected chi connectivity index (χ1v) is 5.62. The molecule has 1 aliphatic heterocycles. The number of hydrogen-bond donors (Lipinski definition) is 4. The standard InChI is InChI=1S/C6H5N3O2S3/c10-2-1-14(6(13)7-2)4-3(11)8-5(12)9-4/h1,11H,(H,7,10,13)(H2,8,9,12). The topological polar surface area (TPSA) is 80.9 Å². The average molecular weight is 247 g/mol. The summed E-state index contributed by atoms with van der Waals surface area (Å²) >= 11 is 9.73. The summed E-state index contributed by atoms with van der Waals surface area (Å²) in [6, 6.07) is 0. The lowest BCUT2D eigenvalue weighted by Crippen LogP contribution is -2.20. The van der Waals surface area contributed by atoms with Gasteiger partial charge in [0.25, 0.3) is 5.91 Å². The molecule has 0 aromatic carbocycles. The summed E-state index contributed by atoms with van der Waals surface area (Å²) in [4.78, 5) is 16.2. The van der Waals surface area contributed by atoms with E-state index in [1.807, 2.05) is 0 Å². The summed E-state index contributed by atoms with van der Waals surface area (Å²) in [6.45, 7) is 0. The van der Waals surface area contributed by atoms with Crippen LogP contribution in [0.25, 0.3) is 0 Å². The van der Waals surface area contributed by atoms with Crippen LogP contribution < -0.4 is 5.32 Å². The van der Waals surface area contributed by atoms with Gasteiger partial charge in [0.2, 0.25) is 5.88 Å². The fraction of sp³-hybridized carbons (Fsp3) is 0. The first-order valence-electron chi connectivity index (χ1n) is 3.52. The van der Waals surface area contributed by atoms with Crippen LogP contribution in [0.4, 0.5) is 0 Å². The van der Waals surface area contributed by atoms with Crippen molar-refractivity contribution in [3.8, 4) is 5.88 Å². The molecule has 0 saturated carbocycles. The lowest BCUT2D eigenvalue weighted by atomic mass is 10.7. The smallest absolute Gasteiger partial charge is 0.255 e. The Kier molecular flexibility index (Phi) is 2.25. The van der Waals surface area contributed by atoms with E-state index in [1.165, 1.54) is 5.37 Å². The number of hydrogen-bond acceptors (Lipinski definition) is 4. The quantitative estimate of drug-likeness (QED) is 0.549. The van der Waals surface area contributed by atoms with Crippen molar-refractivity contribution in [1.29, 1.82) is 0 Å². The van der Waals surface area contributed by atoms with Gasteiger partial charge >= 0.3 is 0 Å². The van der Waals surface area contributed by atoms with Crippen molar-refractivity contribution in [1.82, 2.24) is 15.3 Å². The first-order chi connectivity index (χ1) is 6.58. The normalized spacial score (nSPS) is 20.7. The van der Waals surface area contributed by atoms with Crippen LogP contribution in [0.15, 0.2) is 5.03 Å². The van der Waals surface area contributed by atoms with Gasteiger partial charge in [-0.25, -0.2) is 0 Å². The van der Waals surface area contributed by atoms with Crippen LogP contribution in [0, 0.1) is 4.77 Å². The van der Waals surface area contributed by atoms with E-state index < -0.39 is 10.5 Å². The Morgan fingerprint density at radius 2 is 2.07 bits per heavy atom. The van der Waals surface area contributed by atoms with Crippen molar-refractivity contribution in [2.75, 3.05) is 0 Å². The second-order valence-electron chi connectivity index (χ2n) is 2.49. The van der Waals surface area contributed by atoms with Crippen molar-refractivity contribution in [2.45, 2.75) is 5.03 Å². The minimum Gasteiger partial charge on any atom is -0.493 e. The monoisotopic (exact) mass is 247 g/mol. The van der Waals surface area contributed by atoms with E-state index in [0.717, 1.165) is 0 Å². The summed E-state index contributed by atoms with van der Waals surface area (Å²) in [5.74, 6) is -0.327. The van der Waals surface area contributed by atoms with Gasteiger partial charge in [0.15, 0.2) is 4.77 Å². The van der Waals surface area contributed by atoms with Gasteiger partial charge in [0.05, 0.1) is 0 Å². The maximum absolute atomic E-state index is 11.0. The second-order valence-corrected chi connectivity index (χ2v) is 5.29. The van der Waals surface area contributed by atoms with E-state index in [2.05, 4.69) is 15.3 Å². The number of imidazole rings is 1. The highest BCUT2D eigenvalue weighted by Gasteiger charge is 2.21. The molecule has 1 atom stereocenters. The summed E-state index contributed by atoms with van der Waals surface area (Å²) in [6.07, 6.45) is 0. The highest BCUT2D eigenvalue weighted by atomic mass is 32.2. The van der Waals surface area contributed by atoms with Gasteiger partial charge in [0, 0.05) is 5.37 Å². The van der Waals surface area contributed by atoms with Crippen molar-refractivity contribution >= 4 is 50.5 Å². The van der Waals surface area contributed by atoms with Gasteiger partial charge in [-0.1, -0.05) is 22.7 Å². The van der Waals surface area contributed by atoms with Crippen LogP contribution in [0.3, 0.4) is 0 Å². The molecular weight excluding hydrogens is 242 g/mol. The molecule has 4 N–H and O–H groups in total. The molecule has 2 heterocycles. The number of thiocarbonyl (C=S) groups is 1. The molecular formula is C6H5N3O2S3. The lowest BCUT2D eigenvalue weighted by molar-refractivity contribution is -0.112. The highest BCUT2D eigenvalue weighted by Crippen LogP contribution is 2.33. The molecule has 74 valence electrons. The molecule has 1 aliphatic rings. The second kappa shape index (κ2) is 3.30. The third-order valence-corrected chi connectivity index (χ3v) is 4.08. The zero-order chi connectivity index (χ0) is 10.3. The largest absolute Gasteiger partial charge is 0.493 e. The van der Waals surface area contributed by atoms with Crippen molar-refractivity contribution in [3.63, 3.8) is 0 Å². The van der Waals surface area contributed by atoms with Gasteiger partial charge in [0.1, 0.15) is 9.35 Å². The zero-order valence-electron chi connectivity index (χ0n) is 6.66. The highest BCUT2D eigenvalue weighted by molar-refractivity contribution is 8.35. The van der Waals surface area contributed by atoms with Gasteiger partial charge in [-0.3, -0.25) is 4.79 Å². The number of aromatic hydroxyl groups is 1. The van der Waals surface area contributed by atoms with E-state index in [1.54, 1.807) is 0 Å². The molecule has 0 aliphatic carbocycles. The minimum absolute atomic E-state index is 0.0755. The van der Waals surface area contributed by atoms with Crippen LogP contribution in [-0.4, -0.2) is 30.7 Å². The maximum atomic E-state index is 11.0. The van der Waals surface area contributed by atoms with E-state index in [4.69, 9.17) is 24.4 Å². The third kappa shape index (κ3) is 1.51. The predicted octanol–water partition coefficient (Wildman–Crippen LogP) is 0.623. The average Bonchev–Trinajstić information content (AvgIpc) is 2.55. The number of H-pyrrole nitrogens is 2. The van der Waals surface area contributed by atoms with E-state index in [-0.39, 0.29) is 11.8 Å². The van der Waals surface area contributed by atoms with Crippen molar-refractivity contribution in [2.24, 2.45) is 0 Å². The number of carbonyl (C=O) groups excluding carboxylic acids is 1. The molecule has 0 radical (unpaired) electrons. The zero-order valence-corrected chi connectivity index (χ0v) is 9.11. The summed E-state index contributed by atoms with van der Waals surface area (Å²) in [5.41, 5.74) is 0.